The molecule has 0 N–H and O–H groups in total. The predicted molar refractivity (Wildman–Crippen MR) is 72.2 cm³/mol. The first-order valence-electron chi connectivity index (χ1n) is 6.44. The molecule has 1 aromatic rings. The van der Waals surface area contributed by atoms with Crippen LogP contribution in [0.15, 0.2) is 24.3 Å². The average Bonchev–Trinajstić information content (AvgIpc) is 2.73. The molecule has 0 unspecified atom stereocenters. The van der Waals surface area contributed by atoms with E-state index < -0.39 is 0 Å². The van der Waals surface area contributed by atoms with E-state index in [9.17, 15) is 4.79 Å². The summed E-state index contributed by atoms with van der Waals surface area (Å²) in [5.41, 5.74) is 0.937. The van der Waals surface area contributed by atoms with Crippen molar-refractivity contribution in [3.05, 3.63) is 24.3 Å². The summed E-state index contributed by atoms with van der Waals surface area (Å²) in [6.07, 6.45) is 0. The Morgan fingerprint density at radius 1 is 1.22 bits per heavy atom. The second kappa shape index (κ2) is 5.29. The molecule has 1 aliphatic heterocycles. The van der Waals surface area contributed by atoms with Crippen molar-refractivity contribution >= 4 is 11.7 Å². The number of anilines is 1. The normalized spacial score (nSPS) is 15.7. The van der Waals surface area contributed by atoms with Crippen molar-refractivity contribution in [3.8, 4) is 5.75 Å². The topological polar surface area (TPSA) is 32.8 Å². The number of nitrogens with zero attached hydrogens (tertiary/aromatic N) is 2. The van der Waals surface area contributed by atoms with Crippen molar-refractivity contribution < 1.29 is 9.53 Å². The van der Waals surface area contributed by atoms with Crippen LogP contribution in [0.3, 0.4) is 0 Å². The van der Waals surface area contributed by atoms with Gasteiger partial charge in [0.05, 0.1) is 6.61 Å². The second-order valence-electron chi connectivity index (χ2n) is 4.65. The molecule has 0 atom stereocenters. The molecule has 4 nitrogen and oxygen atoms in total. The lowest BCUT2D eigenvalue weighted by atomic mass is 10.3. The van der Waals surface area contributed by atoms with Crippen molar-refractivity contribution in [2.24, 2.45) is 0 Å². The van der Waals surface area contributed by atoms with Gasteiger partial charge in [0.2, 0.25) is 0 Å². The van der Waals surface area contributed by atoms with Gasteiger partial charge < -0.3 is 9.64 Å². The van der Waals surface area contributed by atoms with Gasteiger partial charge in [0.15, 0.2) is 0 Å². The van der Waals surface area contributed by atoms with Crippen LogP contribution >= 0.6 is 0 Å². The minimum Gasteiger partial charge on any atom is -0.494 e. The van der Waals surface area contributed by atoms with E-state index in [-0.39, 0.29) is 12.1 Å². The number of benzene rings is 1. The first-order valence-corrected chi connectivity index (χ1v) is 6.44. The largest absolute Gasteiger partial charge is 0.494 e. The predicted octanol–water partition coefficient (Wildman–Crippen LogP) is 2.74. The molecule has 4 heteroatoms. The van der Waals surface area contributed by atoms with Crippen molar-refractivity contribution in [1.29, 1.82) is 0 Å². The van der Waals surface area contributed by atoms with Gasteiger partial charge in [0.25, 0.3) is 0 Å². The Labute approximate surface area is 108 Å². The molecule has 1 heterocycles. The molecule has 98 valence electrons. The van der Waals surface area contributed by atoms with Crippen molar-refractivity contribution in [2.45, 2.75) is 26.8 Å². The van der Waals surface area contributed by atoms with Gasteiger partial charge >= 0.3 is 6.03 Å². The molecular weight excluding hydrogens is 228 g/mol. The average molecular weight is 248 g/mol. The van der Waals surface area contributed by atoms with Gasteiger partial charge in [-0.25, -0.2) is 4.79 Å². The summed E-state index contributed by atoms with van der Waals surface area (Å²) >= 11 is 0. The maximum Gasteiger partial charge on any atom is 0.324 e. The molecular formula is C14H20N2O2. The SMILES string of the molecule is CCOc1ccc(N2CCN(C(C)C)C2=O)cc1. The van der Waals surface area contributed by atoms with E-state index in [1.54, 1.807) is 0 Å². The van der Waals surface area contributed by atoms with E-state index in [0.717, 1.165) is 24.5 Å². The summed E-state index contributed by atoms with van der Waals surface area (Å²) in [5.74, 6) is 0.841. The van der Waals surface area contributed by atoms with Crippen molar-refractivity contribution in [1.82, 2.24) is 4.90 Å². The zero-order valence-corrected chi connectivity index (χ0v) is 11.2. The summed E-state index contributed by atoms with van der Waals surface area (Å²) in [6, 6.07) is 8.03. The van der Waals surface area contributed by atoms with Crippen LogP contribution in [0.2, 0.25) is 0 Å². The van der Waals surface area contributed by atoms with Gasteiger partial charge in [-0.05, 0) is 45.0 Å². The number of carbonyl (C=O) groups is 1. The van der Waals surface area contributed by atoms with Crippen LogP contribution in [0.25, 0.3) is 0 Å². The van der Waals surface area contributed by atoms with Crippen molar-refractivity contribution in [3.63, 3.8) is 0 Å². The van der Waals surface area contributed by atoms with E-state index in [1.165, 1.54) is 0 Å². The second-order valence-corrected chi connectivity index (χ2v) is 4.65. The van der Waals surface area contributed by atoms with E-state index in [1.807, 2.05) is 54.8 Å². The zero-order valence-electron chi connectivity index (χ0n) is 11.2. The Balaban J connectivity index is 2.11. The van der Waals surface area contributed by atoms with Gasteiger partial charge in [-0.2, -0.15) is 0 Å². The molecule has 1 aromatic carbocycles. The minimum absolute atomic E-state index is 0.0918. The Morgan fingerprint density at radius 2 is 1.89 bits per heavy atom. The molecule has 1 aliphatic rings. The lowest BCUT2D eigenvalue weighted by molar-refractivity contribution is 0.209. The Morgan fingerprint density at radius 3 is 2.39 bits per heavy atom. The molecule has 18 heavy (non-hydrogen) atoms. The number of urea groups is 1. The van der Waals surface area contributed by atoms with Gasteiger partial charge in [-0.15, -0.1) is 0 Å². The van der Waals surface area contributed by atoms with Gasteiger partial charge in [0.1, 0.15) is 5.75 Å². The third-order valence-corrected chi connectivity index (χ3v) is 3.12. The number of hydrogen-bond donors (Lipinski definition) is 0. The fourth-order valence-corrected chi connectivity index (χ4v) is 2.16. The standard InChI is InChI=1S/C14H20N2O2/c1-4-18-13-7-5-12(6-8-13)16-10-9-15(11(2)3)14(16)17/h5-8,11H,4,9-10H2,1-3H3. The highest BCUT2D eigenvalue weighted by Crippen LogP contribution is 2.24. The quantitative estimate of drug-likeness (QED) is 0.820. The van der Waals surface area contributed by atoms with Crippen molar-refractivity contribution in [2.75, 3.05) is 24.6 Å². The molecule has 1 fully saturated rings. The van der Waals surface area contributed by atoms with Crippen LogP contribution in [0.1, 0.15) is 20.8 Å². The smallest absolute Gasteiger partial charge is 0.324 e. The number of ether oxygens (including phenoxy) is 1. The zero-order chi connectivity index (χ0) is 13.1. The summed E-state index contributed by atoms with van der Waals surface area (Å²) in [6.45, 7) is 8.25. The highest BCUT2D eigenvalue weighted by molar-refractivity contribution is 5.94. The Bertz CT molecular complexity index is 414. The van der Waals surface area contributed by atoms with Crippen LogP contribution in [0, 0.1) is 0 Å². The minimum atomic E-state index is 0.0918. The maximum atomic E-state index is 12.2. The molecule has 0 bridgehead atoms. The summed E-state index contributed by atoms with van der Waals surface area (Å²) in [7, 11) is 0. The van der Waals surface area contributed by atoms with Crippen LogP contribution in [-0.4, -0.2) is 36.7 Å². The molecule has 0 aromatic heterocycles. The number of rotatable bonds is 4. The van der Waals surface area contributed by atoms with E-state index >= 15 is 0 Å². The molecule has 0 spiro atoms. The van der Waals surface area contributed by atoms with Gasteiger partial charge in [-0.3, -0.25) is 4.90 Å². The van der Waals surface area contributed by atoms with E-state index in [4.69, 9.17) is 4.74 Å². The third-order valence-electron chi connectivity index (χ3n) is 3.12. The highest BCUT2D eigenvalue weighted by Gasteiger charge is 2.30. The number of amides is 2. The van der Waals surface area contributed by atoms with E-state index in [0.29, 0.717) is 6.61 Å². The molecule has 0 aliphatic carbocycles. The number of carbonyl (C=O) groups excluding carboxylic acids is 1. The fraction of sp³-hybridized carbons (Fsp3) is 0.500. The first kappa shape index (κ1) is 12.7. The Hall–Kier alpha value is -1.71. The fourth-order valence-electron chi connectivity index (χ4n) is 2.16. The van der Waals surface area contributed by atoms with Gasteiger partial charge in [0, 0.05) is 24.8 Å². The maximum absolute atomic E-state index is 12.2. The summed E-state index contributed by atoms with van der Waals surface area (Å²) in [5, 5.41) is 0. The lowest BCUT2D eigenvalue weighted by Crippen LogP contribution is -2.36. The van der Waals surface area contributed by atoms with Crippen LogP contribution < -0.4 is 9.64 Å². The molecule has 2 rings (SSSR count). The number of hydrogen-bond acceptors (Lipinski definition) is 2. The van der Waals surface area contributed by atoms with E-state index in [2.05, 4.69) is 0 Å². The summed E-state index contributed by atoms with van der Waals surface area (Å²) < 4.78 is 5.40. The molecule has 0 radical (unpaired) electrons. The first-order chi connectivity index (χ1) is 8.63. The lowest BCUT2D eigenvalue weighted by Gasteiger charge is -2.21. The highest BCUT2D eigenvalue weighted by atomic mass is 16.5. The molecule has 0 saturated carbocycles. The molecule has 1 saturated heterocycles. The molecule has 2 amide bonds. The Kier molecular flexibility index (Phi) is 3.75. The summed E-state index contributed by atoms with van der Waals surface area (Å²) in [4.78, 5) is 15.9. The third kappa shape index (κ3) is 2.42. The van der Waals surface area contributed by atoms with Crippen LogP contribution in [0.4, 0.5) is 10.5 Å². The van der Waals surface area contributed by atoms with Gasteiger partial charge in [-0.1, -0.05) is 0 Å². The van der Waals surface area contributed by atoms with Crippen LogP contribution in [0.5, 0.6) is 5.75 Å². The van der Waals surface area contributed by atoms with Crippen LogP contribution in [-0.2, 0) is 0 Å². The monoisotopic (exact) mass is 248 g/mol.